The van der Waals surface area contributed by atoms with Gasteiger partial charge in [-0.15, -0.1) is 0 Å². The van der Waals surface area contributed by atoms with Crippen LogP contribution >= 0.6 is 0 Å². The topological polar surface area (TPSA) is 55.2 Å². The summed E-state index contributed by atoms with van der Waals surface area (Å²) < 4.78 is 29.0. The predicted octanol–water partition coefficient (Wildman–Crippen LogP) is 3.68. The van der Waals surface area contributed by atoms with E-state index in [0.29, 0.717) is 11.4 Å². The van der Waals surface area contributed by atoms with Gasteiger partial charge in [-0.25, -0.2) is 8.42 Å². The van der Waals surface area contributed by atoms with E-state index < -0.39 is 10.0 Å². The maximum absolute atomic E-state index is 12.9. The Kier molecular flexibility index (Phi) is 6.41. The Morgan fingerprint density at radius 3 is 2.28 bits per heavy atom. The molecule has 1 heterocycles. The van der Waals surface area contributed by atoms with Gasteiger partial charge in [-0.3, -0.25) is 4.68 Å². The summed E-state index contributed by atoms with van der Waals surface area (Å²) in [6.45, 7) is 9.21. The highest BCUT2D eigenvalue weighted by molar-refractivity contribution is 7.89. The molecule has 0 amide bonds. The van der Waals surface area contributed by atoms with Crippen molar-refractivity contribution >= 4 is 10.0 Å². The molecule has 0 aliphatic carbocycles. The summed E-state index contributed by atoms with van der Waals surface area (Å²) in [7, 11) is -1.88. The fraction of sp³-hybridized carbons (Fsp3) is 0.526. The molecule has 0 N–H and O–H groups in total. The Morgan fingerprint density at radius 2 is 1.76 bits per heavy atom. The Hall–Kier alpha value is -1.66. The molecule has 0 fully saturated rings. The molecule has 2 aromatic rings. The molecular weight excluding hydrogens is 334 g/mol. The summed E-state index contributed by atoms with van der Waals surface area (Å²) in [5, 5.41) is 4.47. The average molecular weight is 364 g/mol. The predicted molar refractivity (Wildman–Crippen MR) is 101 cm³/mol. The zero-order valence-corrected chi connectivity index (χ0v) is 16.7. The Balaban J connectivity index is 2.20. The van der Waals surface area contributed by atoms with Gasteiger partial charge in [-0.1, -0.05) is 25.5 Å². The first-order valence-corrected chi connectivity index (χ1v) is 10.3. The Bertz CT molecular complexity index is 808. The van der Waals surface area contributed by atoms with Gasteiger partial charge in [0, 0.05) is 31.4 Å². The monoisotopic (exact) mass is 363 g/mol. The summed E-state index contributed by atoms with van der Waals surface area (Å²) in [6, 6.07) is 7.27. The second-order valence-electron chi connectivity index (χ2n) is 6.47. The lowest BCUT2D eigenvalue weighted by atomic mass is 10.1. The Morgan fingerprint density at radius 1 is 1.12 bits per heavy atom. The average Bonchev–Trinajstić information content (AvgIpc) is 2.87. The van der Waals surface area contributed by atoms with Crippen molar-refractivity contribution in [3.8, 4) is 0 Å². The number of benzene rings is 1. The van der Waals surface area contributed by atoms with Gasteiger partial charge in [-0.2, -0.15) is 9.40 Å². The highest BCUT2D eigenvalue weighted by atomic mass is 32.2. The number of aryl methyl sites for hydroxylation is 3. The highest BCUT2D eigenvalue weighted by Gasteiger charge is 2.23. The number of aromatic nitrogens is 2. The molecule has 138 valence electrons. The van der Waals surface area contributed by atoms with Gasteiger partial charge in [0.1, 0.15) is 0 Å². The van der Waals surface area contributed by atoms with Crippen molar-refractivity contribution in [3.63, 3.8) is 0 Å². The number of rotatable bonds is 8. The minimum Gasteiger partial charge on any atom is -0.270 e. The van der Waals surface area contributed by atoms with Crippen LogP contribution in [0.1, 0.15) is 49.2 Å². The number of sulfonamides is 1. The summed E-state index contributed by atoms with van der Waals surface area (Å²) in [6.07, 6.45) is 3.24. The SMILES string of the molecule is CCCCc1ccc(S(=O)(=O)N(C)Cc2c(C)nn(CC)c2C)cc1. The normalized spacial score (nSPS) is 12.1. The van der Waals surface area contributed by atoms with Crippen molar-refractivity contribution in [1.29, 1.82) is 0 Å². The van der Waals surface area contributed by atoms with Crippen LogP contribution in [0.4, 0.5) is 0 Å². The third-order valence-corrected chi connectivity index (χ3v) is 6.48. The van der Waals surface area contributed by atoms with Crippen molar-refractivity contribution in [1.82, 2.24) is 14.1 Å². The third kappa shape index (κ3) is 4.30. The minimum atomic E-state index is -3.51. The zero-order valence-electron chi connectivity index (χ0n) is 15.9. The molecule has 0 unspecified atom stereocenters. The Labute approximate surface area is 151 Å². The first-order chi connectivity index (χ1) is 11.8. The van der Waals surface area contributed by atoms with Crippen LogP contribution in [0.2, 0.25) is 0 Å². The highest BCUT2D eigenvalue weighted by Crippen LogP contribution is 2.21. The van der Waals surface area contributed by atoms with E-state index in [1.165, 1.54) is 9.87 Å². The molecule has 0 atom stereocenters. The van der Waals surface area contributed by atoms with Crippen molar-refractivity contribution in [2.45, 2.75) is 64.9 Å². The quantitative estimate of drug-likeness (QED) is 0.719. The molecule has 1 aromatic carbocycles. The maximum atomic E-state index is 12.9. The molecule has 0 radical (unpaired) electrons. The lowest BCUT2D eigenvalue weighted by Crippen LogP contribution is -2.27. The number of hydrogen-bond donors (Lipinski definition) is 0. The van der Waals surface area contributed by atoms with Gasteiger partial charge >= 0.3 is 0 Å². The van der Waals surface area contributed by atoms with Gasteiger partial charge in [-0.05, 0) is 51.3 Å². The fourth-order valence-electron chi connectivity index (χ4n) is 2.97. The number of hydrogen-bond acceptors (Lipinski definition) is 3. The van der Waals surface area contributed by atoms with Crippen molar-refractivity contribution in [2.75, 3.05) is 7.05 Å². The number of unbranched alkanes of at least 4 members (excludes halogenated alkanes) is 1. The first-order valence-electron chi connectivity index (χ1n) is 8.89. The smallest absolute Gasteiger partial charge is 0.243 e. The van der Waals surface area contributed by atoms with Gasteiger partial charge in [0.25, 0.3) is 0 Å². The second kappa shape index (κ2) is 8.15. The summed E-state index contributed by atoms with van der Waals surface area (Å²) in [4.78, 5) is 0.341. The number of nitrogens with zero attached hydrogens (tertiary/aromatic N) is 3. The fourth-order valence-corrected chi connectivity index (χ4v) is 4.11. The van der Waals surface area contributed by atoms with Crippen molar-refractivity contribution < 1.29 is 8.42 Å². The van der Waals surface area contributed by atoms with E-state index in [9.17, 15) is 8.42 Å². The summed E-state index contributed by atoms with van der Waals surface area (Å²) >= 11 is 0. The van der Waals surface area contributed by atoms with Gasteiger partial charge in [0.2, 0.25) is 10.0 Å². The lowest BCUT2D eigenvalue weighted by Gasteiger charge is -2.18. The van der Waals surface area contributed by atoms with Crippen molar-refractivity contribution in [3.05, 3.63) is 46.8 Å². The van der Waals surface area contributed by atoms with Crippen molar-refractivity contribution in [2.24, 2.45) is 0 Å². The van der Waals surface area contributed by atoms with E-state index in [2.05, 4.69) is 12.0 Å². The van der Waals surface area contributed by atoms with Crippen LogP contribution in [-0.2, 0) is 29.5 Å². The van der Waals surface area contributed by atoms with E-state index >= 15 is 0 Å². The van der Waals surface area contributed by atoms with Crippen LogP contribution in [0.5, 0.6) is 0 Å². The van der Waals surface area contributed by atoms with Crippen LogP contribution < -0.4 is 0 Å². The standard InChI is InChI=1S/C19H29N3O2S/c1-6-8-9-17-10-12-18(13-11-17)25(23,24)21(5)14-19-15(3)20-22(7-2)16(19)4/h10-13H,6-9,14H2,1-5H3. The molecule has 1 aromatic heterocycles. The van der Waals surface area contributed by atoms with E-state index in [1.54, 1.807) is 19.2 Å². The molecule has 0 aliphatic rings. The van der Waals surface area contributed by atoms with Gasteiger partial charge < -0.3 is 0 Å². The van der Waals surface area contributed by atoms with Crippen LogP contribution in [0.25, 0.3) is 0 Å². The van der Waals surface area contributed by atoms with E-state index in [1.807, 2.05) is 37.6 Å². The van der Waals surface area contributed by atoms with Crippen LogP contribution in [0.3, 0.4) is 0 Å². The summed E-state index contributed by atoms with van der Waals surface area (Å²) in [5.74, 6) is 0. The second-order valence-corrected chi connectivity index (χ2v) is 8.52. The van der Waals surface area contributed by atoms with Gasteiger partial charge in [0.15, 0.2) is 0 Å². The molecule has 2 rings (SSSR count). The minimum absolute atomic E-state index is 0.331. The van der Waals surface area contributed by atoms with Crippen LogP contribution in [0.15, 0.2) is 29.2 Å². The van der Waals surface area contributed by atoms with Crippen LogP contribution in [0, 0.1) is 13.8 Å². The third-order valence-electron chi connectivity index (χ3n) is 4.66. The van der Waals surface area contributed by atoms with E-state index in [0.717, 1.165) is 42.8 Å². The molecule has 0 aliphatic heterocycles. The molecule has 6 heteroatoms. The van der Waals surface area contributed by atoms with E-state index in [-0.39, 0.29) is 0 Å². The lowest BCUT2D eigenvalue weighted by molar-refractivity contribution is 0.464. The van der Waals surface area contributed by atoms with Gasteiger partial charge in [0.05, 0.1) is 10.6 Å². The molecule has 25 heavy (non-hydrogen) atoms. The summed E-state index contributed by atoms with van der Waals surface area (Å²) in [5.41, 5.74) is 4.07. The first kappa shape index (κ1) is 19.7. The maximum Gasteiger partial charge on any atom is 0.243 e. The molecule has 0 saturated heterocycles. The largest absolute Gasteiger partial charge is 0.270 e. The van der Waals surface area contributed by atoms with E-state index in [4.69, 9.17) is 0 Å². The zero-order chi connectivity index (χ0) is 18.6. The molecule has 0 bridgehead atoms. The molecule has 0 spiro atoms. The molecular formula is C19H29N3O2S. The molecule has 0 saturated carbocycles. The molecule has 5 nitrogen and oxygen atoms in total. The van der Waals surface area contributed by atoms with Crippen LogP contribution in [-0.4, -0.2) is 29.6 Å².